The quantitative estimate of drug-likeness (QED) is 0.779. The standard InChI is InChI=1S/C13H17NO2S/c1-11(2)10-17(15)8-7-16-13-5-3-12(9-14)4-6-13/h3-6,11H,7-8,10H2,1-2H3. The minimum atomic E-state index is -0.807. The number of nitrogens with zero attached hydrogens (tertiary/aromatic N) is 1. The Kier molecular flexibility index (Phi) is 5.71. The van der Waals surface area contributed by atoms with E-state index in [1.807, 2.05) is 6.07 Å². The fraction of sp³-hybridized carbons (Fsp3) is 0.462. The van der Waals surface area contributed by atoms with Gasteiger partial charge in [-0.2, -0.15) is 5.26 Å². The van der Waals surface area contributed by atoms with E-state index in [4.69, 9.17) is 10.00 Å². The number of nitriles is 1. The molecule has 0 N–H and O–H groups in total. The normalized spacial score (nSPS) is 12.1. The lowest BCUT2D eigenvalue weighted by Gasteiger charge is -2.07. The van der Waals surface area contributed by atoms with E-state index in [9.17, 15) is 4.21 Å². The van der Waals surface area contributed by atoms with Gasteiger partial charge >= 0.3 is 0 Å². The Labute approximate surface area is 105 Å². The van der Waals surface area contributed by atoms with Crippen LogP contribution in [-0.2, 0) is 10.8 Å². The van der Waals surface area contributed by atoms with Gasteiger partial charge in [-0.15, -0.1) is 0 Å². The second-order valence-corrected chi connectivity index (χ2v) is 5.81. The van der Waals surface area contributed by atoms with Crippen molar-refractivity contribution < 1.29 is 8.95 Å². The molecule has 0 aliphatic carbocycles. The lowest BCUT2D eigenvalue weighted by molar-refractivity contribution is 0.342. The fourth-order valence-corrected chi connectivity index (χ4v) is 2.51. The Morgan fingerprint density at radius 1 is 1.35 bits per heavy atom. The van der Waals surface area contributed by atoms with Gasteiger partial charge in [0.1, 0.15) is 5.75 Å². The molecule has 1 atom stereocenters. The molecule has 0 amide bonds. The highest BCUT2D eigenvalue weighted by Crippen LogP contribution is 2.11. The number of rotatable bonds is 6. The molecular weight excluding hydrogens is 234 g/mol. The van der Waals surface area contributed by atoms with Crippen LogP contribution in [0.3, 0.4) is 0 Å². The first-order valence-electron chi connectivity index (χ1n) is 5.59. The first kappa shape index (κ1) is 13.7. The zero-order valence-electron chi connectivity index (χ0n) is 10.2. The zero-order valence-corrected chi connectivity index (χ0v) is 11.0. The molecular formula is C13H17NO2S. The maximum Gasteiger partial charge on any atom is 0.119 e. The van der Waals surface area contributed by atoms with Gasteiger partial charge in [0.05, 0.1) is 24.0 Å². The zero-order chi connectivity index (χ0) is 12.7. The van der Waals surface area contributed by atoms with E-state index in [1.54, 1.807) is 24.3 Å². The van der Waals surface area contributed by atoms with Crippen LogP contribution in [0.15, 0.2) is 24.3 Å². The second-order valence-electron chi connectivity index (χ2n) is 4.19. The number of benzene rings is 1. The van der Waals surface area contributed by atoms with E-state index in [2.05, 4.69) is 13.8 Å². The molecule has 0 bridgehead atoms. The molecule has 0 aliphatic heterocycles. The lowest BCUT2D eigenvalue weighted by Crippen LogP contribution is -2.13. The number of ether oxygens (including phenoxy) is 1. The highest BCUT2D eigenvalue weighted by Gasteiger charge is 2.03. The molecule has 0 spiro atoms. The van der Waals surface area contributed by atoms with Crippen LogP contribution in [0.5, 0.6) is 5.75 Å². The van der Waals surface area contributed by atoms with Crippen molar-refractivity contribution in [1.29, 1.82) is 5.26 Å². The van der Waals surface area contributed by atoms with Crippen molar-refractivity contribution in [2.24, 2.45) is 5.92 Å². The summed E-state index contributed by atoms with van der Waals surface area (Å²) >= 11 is 0. The van der Waals surface area contributed by atoms with Crippen molar-refractivity contribution in [2.45, 2.75) is 13.8 Å². The molecule has 0 aliphatic rings. The minimum absolute atomic E-state index is 0.450. The third-order valence-corrected chi connectivity index (χ3v) is 3.74. The molecule has 4 heteroatoms. The first-order valence-corrected chi connectivity index (χ1v) is 7.08. The molecule has 3 nitrogen and oxygen atoms in total. The molecule has 0 saturated heterocycles. The van der Waals surface area contributed by atoms with Gasteiger partial charge in [-0.25, -0.2) is 0 Å². The van der Waals surface area contributed by atoms with E-state index in [0.717, 1.165) is 5.75 Å². The predicted octanol–water partition coefficient (Wildman–Crippen LogP) is 2.34. The van der Waals surface area contributed by atoms with Gasteiger partial charge in [0.25, 0.3) is 0 Å². The summed E-state index contributed by atoms with van der Waals surface area (Å²) in [7, 11) is -0.807. The minimum Gasteiger partial charge on any atom is -0.493 e. The van der Waals surface area contributed by atoms with Crippen LogP contribution in [-0.4, -0.2) is 22.3 Å². The molecule has 1 aromatic rings. The second kappa shape index (κ2) is 7.08. The van der Waals surface area contributed by atoms with E-state index in [-0.39, 0.29) is 0 Å². The summed E-state index contributed by atoms with van der Waals surface area (Å²) < 4.78 is 17.0. The summed E-state index contributed by atoms with van der Waals surface area (Å²) in [6.07, 6.45) is 0. The molecule has 92 valence electrons. The van der Waals surface area contributed by atoms with Crippen LogP contribution in [0.2, 0.25) is 0 Å². The van der Waals surface area contributed by atoms with E-state index in [0.29, 0.717) is 29.6 Å². The molecule has 17 heavy (non-hydrogen) atoms. The average molecular weight is 251 g/mol. The largest absolute Gasteiger partial charge is 0.493 e. The molecule has 1 aromatic carbocycles. The van der Waals surface area contributed by atoms with E-state index < -0.39 is 10.8 Å². The Hall–Kier alpha value is -1.34. The smallest absolute Gasteiger partial charge is 0.119 e. The summed E-state index contributed by atoms with van der Waals surface area (Å²) in [5, 5.41) is 8.63. The van der Waals surface area contributed by atoms with Gasteiger partial charge in [0.15, 0.2) is 0 Å². The van der Waals surface area contributed by atoms with Crippen molar-refractivity contribution in [1.82, 2.24) is 0 Å². The maximum atomic E-state index is 11.5. The molecule has 0 radical (unpaired) electrons. The van der Waals surface area contributed by atoms with Crippen LogP contribution in [0.25, 0.3) is 0 Å². The summed E-state index contributed by atoms with van der Waals surface area (Å²) in [6.45, 7) is 4.56. The van der Waals surface area contributed by atoms with Gasteiger partial charge < -0.3 is 4.74 Å². The lowest BCUT2D eigenvalue weighted by atomic mass is 10.2. The number of hydrogen-bond acceptors (Lipinski definition) is 3. The van der Waals surface area contributed by atoms with E-state index in [1.165, 1.54) is 0 Å². The van der Waals surface area contributed by atoms with Crippen LogP contribution in [0.4, 0.5) is 0 Å². The Morgan fingerprint density at radius 2 is 2.00 bits per heavy atom. The molecule has 0 fully saturated rings. The van der Waals surface area contributed by atoms with Crippen molar-refractivity contribution in [3.63, 3.8) is 0 Å². The molecule has 1 unspecified atom stereocenters. The maximum absolute atomic E-state index is 11.5. The third kappa shape index (κ3) is 5.50. The average Bonchev–Trinajstić information content (AvgIpc) is 2.29. The van der Waals surface area contributed by atoms with Gasteiger partial charge in [0, 0.05) is 16.6 Å². The SMILES string of the molecule is CC(C)CS(=O)CCOc1ccc(C#N)cc1. The van der Waals surface area contributed by atoms with Gasteiger partial charge in [-0.1, -0.05) is 13.8 Å². The van der Waals surface area contributed by atoms with E-state index >= 15 is 0 Å². The third-order valence-electron chi connectivity index (χ3n) is 2.08. The Balaban J connectivity index is 2.31. The van der Waals surface area contributed by atoms with Crippen molar-refractivity contribution >= 4 is 10.8 Å². The topological polar surface area (TPSA) is 50.1 Å². The monoisotopic (exact) mass is 251 g/mol. The highest BCUT2D eigenvalue weighted by atomic mass is 32.2. The van der Waals surface area contributed by atoms with Crippen molar-refractivity contribution in [3.05, 3.63) is 29.8 Å². The molecule has 0 aromatic heterocycles. The van der Waals surface area contributed by atoms with Gasteiger partial charge in [0.2, 0.25) is 0 Å². The number of hydrogen-bond donors (Lipinski definition) is 0. The fourth-order valence-electron chi connectivity index (χ4n) is 1.33. The van der Waals surface area contributed by atoms with Crippen LogP contribution in [0.1, 0.15) is 19.4 Å². The highest BCUT2D eigenvalue weighted by molar-refractivity contribution is 7.85. The Morgan fingerprint density at radius 3 is 2.53 bits per heavy atom. The summed E-state index contributed by atoms with van der Waals surface area (Å²) in [5.74, 6) is 2.44. The van der Waals surface area contributed by atoms with Crippen LogP contribution < -0.4 is 4.74 Å². The van der Waals surface area contributed by atoms with Crippen molar-refractivity contribution in [3.8, 4) is 11.8 Å². The Bertz CT molecular complexity index is 406. The summed E-state index contributed by atoms with van der Waals surface area (Å²) in [6, 6.07) is 8.97. The molecule has 0 heterocycles. The summed E-state index contributed by atoms with van der Waals surface area (Å²) in [5.41, 5.74) is 0.612. The summed E-state index contributed by atoms with van der Waals surface area (Å²) in [4.78, 5) is 0. The van der Waals surface area contributed by atoms with Crippen LogP contribution in [0, 0.1) is 17.2 Å². The van der Waals surface area contributed by atoms with Crippen molar-refractivity contribution in [2.75, 3.05) is 18.1 Å². The predicted molar refractivity (Wildman–Crippen MR) is 69.4 cm³/mol. The molecule has 0 saturated carbocycles. The van der Waals surface area contributed by atoms with Gasteiger partial charge in [-0.05, 0) is 30.2 Å². The van der Waals surface area contributed by atoms with Crippen LogP contribution >= 0.6 is 0 Å². The van der Waals surface area contributed by atoms with Gasteiger partial charge in [-0.3, -0.25) is 4.21 Å². The molecule has 1 rings (SSSR count). The first-order chi connectivity index (χ1) is 8.11.